The van der Waals surface area contributed by atoms with Crippen LogP contribution in [0.15, 0.2) is 31.0 Å². The van der Waals surface area contributed by atoms with Gasteiger partial charge in [0.05, 0.1) is 5.56 Å². The van der Waals surface area contributed by atoms with Gasteiger partial charge < -0.3 is 4.90 Å². The lowest BCUT2D eigenvalue weighted by molar-refractivity contribution is 0.0366. The SMILES string of the molecule is C=CCN1CCC[C@@]12CCCN(C(=O)c1ccc(C)nc1)C2. The first-order chi connectivity index (χ1) is 10.6. The molecule has 0 N–H and O–H groups in total. The highest BCUT2D eigenvalue weighted by atomic mass is 16.2. The third-order valence-corrected chi connectivity index (χ3v) is 5.09. The third kappa shape index (κ3) is 2.80. The van der Waals surface area contributed by atoms with Gasteiger partial charge in [-0.25, -0.2) is 0 Å². The maximum atomic E-state index is 12.8. The van der Waals surface area contributed by atoms with Crippen LogP contribution in [0.3, 0.4) is 0 Å². The van der Waals surface area contributed by atoms with Crippen LogP contribution in [-0.4, -0.2) is 52.4 Å². The van der Waals surface area contributed by atoms with Crippen LogP contribution in [0.25, 0.3) is 0 Å². The van der Waals surface area contributed by atoms with Crippen molar-refractivity contribution in [2.24, 2.45) is 0 Å². The highest BCUT2D eigenvalue weighted by molar-refractivity contribution is 5.94. The summed E-state index contributed by atoms with van der Waals surface area (Å²) in [7, 11) is 0. The van der Waals surface area contributed by atoms with Crippen molar-refractivity contribution in [1.29, 1.82) is 0 Å². The summed E-state index contributed by atoms with van der Waals surface area (Å²) in [4.78, 5) is 21.6. The number of aromatic nitrogens is 1. The first-order valence-corrected chi connectivity index (χ1v) is 8.22. The number of pyridine rings is 1. The summed E-state index contributed by atoms with van der Waals surface area (Å²) in [5.41, 5.74) is 1.82. The Labute approximate surface area is 132 Å². The van der Waals surface area contributed by atoms with Crippen LogP contribution in [0, 0.1) is 6.92 Å². The van der Waals surface area contributed by atoms with E-state index in [1.54, 1.807) is 6.20 Å². The molecule has 1 spiro atoms. The lowest BCUT2D eigenvalue weighted by atomic mass is 9.86. The highest BCUT2D eigenvalue weighted by Crippen LogP contribution is 2.37. The van der Waals surface area contributed by atoms with E-state index in [0.29, 0.717) is 5.56 Å². The number of likely N-dealkylation sites (tertiary alicyclic amines) is 2. The normalized spacial score (nSPS) is 25.6. The Morgan fingerprint density at radius 1 is 1.36 bits per heavy atom. The summed E-state index contributed by atoms with van der Waals surface area (Å²) in [6.45, 7) is 9.57. The number of nitrogens with zero attached hydrogens (tertiary/aromatic N) is 3. The van der Waals surface area contributed by atoms with Crippen molar-refractivity contribution < 1.29 is 4.79 Å². The number of hydrogen-bond acceptors (Lipinski definition) is 3. The molecule has 3 heterocycles. The number of hydrogen-bond donors (Lipinski definition) is 0. The second kappa shape index (κ2) is 6.21. The fourth-order valence-electron chi connectivity index (χ4n) is 3.96. The first-order valence-electron chi connectivity index (χ1n) is 8.22. The Morgan fingerprint density at radius 3 is 2.82 bits per heavy atom. The van der Waals surface area contributed by atoms with E-state index in [-0.39, 0.29) is 11.4 Å². The van der Waals surface area contributed by atoms with E-state index in [2.05, 4.69) is 16.5 Å². The van der Waals surface area contributed by atoms with Crippen LogP contribution in [0.2, 0.25) is 0 Å². The number of piperidine rings is 1. The zero-order chi connectivity index (χ0) is 15.6. The van der Waals surface area contributed by atoms with Crippen LogP contribution in [0.4, 0.5) is 0 Å². The molecule has 2 aliphatic rings. The second-order valence-electron chi connectivity index (χ2n) is 6.58. The standard InChI is InChI=1S/C18H25N3O/c1-3-10-21-12-5-9-18(21)8-4-11-20(14-18)17(22)16-7-6-15(2)19-13-16/h3,6-7,13H,1,4-5,8-12,14H2,2H3/t18-/m1/s1. The summed E-state index contributed by atoms with van der Waals surface area (Å²) in [5, 5.41) is 0. The first kappa shape index (κ1) is 15.2. The second-order valence-corrected chi connectivity index (χ2v) is 6.58. The van der Waals surface area contributed by atoms with Gasteiger partial charge in [0.15, 0.2) is 0 Å². The van der Waals surface area contributed by atoms with Crippen molar-refractivity contribution in [1.82, 2.24) is 14.8 Å². The van der Waals surface area contributed by atoms with E-state index in [1.165, 1.54) is 19.3 Å². The molecule has 0 radical (unpaired) electrons. The summed E-state index contributed by atoms with van der Waals surface area (Å²) in [5.74, 6) is 0.122. The maximum absolute atomic E-state index is 12.8. The number of rotatable bonds is 3. The van der Waals surface area contributed by atoms with Crippen LogP contribution < -0.4 is 0 Å². The van der Waals surface area contributed by atoms with Crippen molar-refractivity contribution in [3.8, 4) is 0 Å². The fourth-order valence-corrected chi connectivity index (χ4v) is 3.96. The number of carbonyl (C=O) groups is 1. The molecule has 4 nitrogen and oxygen atoms in total. The van der Waals surface area contributed by atoms with E-state index in [4.69, 9.17) is 0 Å². The molecule has 3 rings (SSSR count). The molecule has 22 heavy (non-hydrogen) atoms. The fraction of sp³-hybridized carbons (Fsp3) is 0.556. The van der Waals surface area contributed by atoms with E-state index in [9.17, 15) is 4.79 Å². The van der Waals surface area contributed by atoms with Gasteiger partial charge in [0.25, 0.3) is 5.91 Å². The predicted octanol–water partition coefficient (Wildman–Crippen LogP) is 2.65. The van der Waals surface area contributed by atoms with Crippen molar-refractivity contribution in [3.63, 3.8) is 0 Å². The molecule has 1 atom stereocenters. The van der Waals surface area contributed by atoms with Crippen molar-refractivity contribution >= 4 is 5.91 Å². The topological polar surface area (TPSA) is 36.4 Å². The Hall–Kier alpha value is -1.68. The molecule has 2 aliphatic heterocycles. The van der Waals surface area contributed by atoms with Gasteiger partial charge >= 0.3 is 0 Å². The molecule has 2 saturated heterocycles. The predicted molar refractivity (Wildman–Crippen MR) is 87.8 cm³/mol. The molecule has 4 heteroatoms. The number of amides is 1. The molecule has 0 bridgehead atoms. The maximum Gasteiger partial charge on any atom is 0.255 e. The largest absolute Gasteiger partial charge is 0.337 e. The van der Waals surface area contributed by atoms with Gasteiger partial charge in [-0.2, -0.15) is 0 Å². The van der Waals surface area contributed by atoms with E-state index in [0.717, 1.165) is 38.3 Å². The Morgan fingerprint density at radius 2 is 2.14 bits per heavy atom. The van der Waals surface area contributed by atoms with Gasteiger partial charge in [-0.15, -0.1) is 6.58 Å². The minimum Gasteiger partial charge on any atom is -0.337 e. The molecule has 118 valence electrons. The van der Waals surface area contributed by atoms with Crippen LogP contribution in [-0.2, 0) is 0 Å². The van der Waals surface area contributed by atoms with Gasteiger partial charge in [0.1, 0.15) is 0 Å². The summed E-state index contributed by atoms with van der Waals surface area (Å²) >= 11 is 0. The van der Waals surface area contributed by atoms with Crippen LogP contribution >= 0.6 is 0 Å². The molecule has 0 aliphatic carbocycles. The molecule has 1 amide bonds. The Balaban J connectivity index is 1.76. The van der Waals surface area contributed by atoms with Crippen molar-refractivity contribution in [3.05, 3.63) is 42.2 Å². The molecular weight excluding hydrogens is 274 g/mol. The lowest BCUT2D eigenvalue weighted by Gasteiger charge is -2.45. The molecule has 0 unspecified atom stereocenters. The molecule has 1 aromatic heterocycles. The lowest BCUT2D eigenvalue weighted by Crippen LogP contribution is -2.56. The van der Waals surface area contributed by atoms with Gasteiger partial charge in [-0.05, 0) is 51.3 Å². The van der Waals surface area contributed by atoms with E-state index < -0.39 is 0 Å². The molecule has 0 saturated carbocycles. The summed E-state index contributed by atoms with van der Waals surface area (Å²) in [6.07, 6.45) is 8.38. The third-order valence-electron chi connectivity index (χ3n) is 5.09. The average molecular weight is 299 g/mol. The molecule has 0 aromatic carbocycles. The van der Waals surface area contributed by atoms with Crippen LogP contribution in [0.1, 0.15) is 41.7 Å². The van der Waals surface area contributed by atoms with Gasteiger partial charge in [0.2, 0.25) is 0 Å². The summed E-state index contributed by atoms with van der Waals surface area (Å²) < 4.78 is 0. The Kier molecular flexibility index (Phi) is 4.30. The Bertz CT molecular complexity index is 554. The van der Waals surface area contributed by atoms with Crippen molar-refractivity contribution in [2.75, 3.05) is 26.2 Å². The molecule has 1 aromatic rings. The zero-order valence-electron chi connectivity index (χ0n) is 13.4. The van der Waals surface area contributed by atoms with Gasteiger partial charge in [-0.1, -0.05) is 6.08 Å². The smallest absolute Gasteiger partial charge is 0.255 e. The van der Waals surface area contributed by atoms with E-state index >= 15 is 0 Å². The molecular formula is C18H25N3O. The molecule has 2 fully saturated rings. The monoisotopic (exact) mass is 299 g/mol. The van der Waals surface area contributed by atoms with Gasteiger partial charge in [-0.3, -0.25) is 14.7 Å². The minimum atomic E-state index is 0.122. The van der Waals surface area contributed by atoms with Gasteiger partial charge in [0, 0.05) is 37.1 Å². The highest BCUT2D eigenvalue weighted by Gasteiger charge is 2.44. The number of carbonyl (C=O) groups excluding carboxylic acids is 1. The quantitative estimate of drug-likeness (QED) is 0.805. The minimum absolute atomic E-state index is 0.122. The average Bonchev–Trinajstić information content (AvgIpc) is 2.90. The zero-order valence-corrected chi connectivity index (χ0v) is 13.4. The summed E-state index contributed by atoms with van der Waals surface area (Å²) in [6, 6.07) is 3.80. The van der Waals surface area contributed by atoms with Crippen LogP contribution in [0.5, 0.6) is 0 Å². The van der Waals surface area contributed by atoms with E-state index in [1.807, 2.05) is 30.0 Å². The number of aryl methyl sites for hydroxylation is 1. The van der Waals surface area contributed by atoms with Crippen molar-refractivity contribution in [2.45, 2.75) is 38.1 Å².